The van der Waals surface area contributed by atoms with Crippen LogP contribution in [0.15, 0.2) is 0 Å². The number of nitrogens with one attached hydrogen (secondary N) is 2. The molecule has 2 aliphatic rings. The van der Waals surface area contributed by atoms with Gasteiger partial charge in [-0.25, -0.2) is 0 Å². The Labute approximate surface area is 62.4 Å². The molecule has 2 saturated heterocycles. The van der Waals surface area contributed by atoms with Crippen LogP contribution in [-0.4, -0.2) is 25.7 Å². The first kappa shape index (κ1) is 6.62. The van der Waals surface area contributed by atoms with Crippen LogP contribution in [0.4, 0.5) is 0 Å². The van der Waals surface area contributed by atoms with E-state index in [9.17, 15) is 0 Å². The second kappa shape index (κ2) is 2.21. The second-order valence-electron chi connectivity index (χ2n) is 3.63. The Bertz CT molecular complexity index is 125. The summed E-state index contributed by atoms with van der Waals surface area (Å²) in [4.78, 5) is 0. The summed E-state index contributed by atoms with van der Waals surface area (Å²) in [7, 11) is 0. The van der Waals surface area contributed by atoms with Crippen molar-refractivity contribution < 1.29 is 0 Å². The fraction of sp³-hybridized carbons (Fsp3) is 1.00. The minimum absolute atomic E-state index is 0.661. The summed E-state index contributed by atoms with van der Waals surface area (Å²) < 4.78 is 0. The second-order valence-corrected chi connectivity index (χ2v) is 3.63. The van der Waals surface area contributed by atoms with Crippen LogP contribution in [0.2, 0.25) is 0 Å². The summed E-state index contributed by atoms with van der Waals surface area (Å²) >= 11 is 0. The normalized spacial score (nSPS) is 45.9. The van der Waals surface area contributed by atoms with Crippen LogP contribution in [0, 0.1) is 5.41 Å². The molecule has 0 saturated carbocycles. The van der Waals surface area contributed by atoms with Crippen molar-refractivity contribution >= 4 is 0 Å². The van der Waals surface area contributed by atoms with E-state index in [1.165, 1.54) is 32.5 Å². The average molecular weight is 140 g/mol. The Morgan fingerprint density at radius 2 is 2.40 bits per heavy atom. The fourth-order valence-electron chi connectivity index (χ4n) is 2.32. The van der Waals surface area contributed by atoms with E-state index < -0.39 is 0 Å². The molecule has 2 fully saturated rings. The topological polar surface area (TPSA) is 24.1 Å². The largest absolute Gasteiger partial charge is 0.316 e. The van der Waals surface area contributed by atoms with Crippen LogP contribution in [0.5, 0.6) is 0 Å². The molecule has 0 bridgehead atoms. The maximum absolute atomic E-state index is 3.49. The lowest BCUT2D eigenvalue weighted by Gasteiger charge is -2.47. The lowest BCUT2D eigenvalue weighted by Crippen LogP contribution is -2.63. The molecule has 2 N–H and O–H groups in total. The maximum atomic E-state index is 3.49. The lowest BCUT2D eigenvalue weighted by atomic mass is 9.72. The minimum Gasteiger partial charge on any atom is -0.316 e. The maximum Gasteiger partial charge on any atom is 0.0146 e. The average Bonchev–Trinajstić information content (AvgIpc) is 2.35. The van der Waals surface area contributed by atoms with Crippen LogP contribution in [-0.2, 0) is 0 Å². The highest BCUT2D eigenvalue weighted by Crippen LogP contribution is 2.36. The molecule has 2 heteroatoms. The van der Waals surface area contributed by atoms with Crippen LogP contribution >= 0.6 is 0 Å². The third kappa shape index (κ3) is 0.722. The molecule has 2 heterocycles. The van der Waals surface area contributed by atoms with E-state index in [-0.39, 0.29) is 0 Å². The van der Waals surface area contributed by atoms with Crippen molar-refractivity contribution in [1.29, 1.82) is 0 Å². The van der Waals surface area contributed by atoms with Crippen LogP contribution in [0.3, 0.4) is 0 Å². The Morgan fingerprint density at radius 3 is 2.80 bits per heavy atom. The van der Waals surface area contributed by atoms with Gasteiger partial charge in [-0.1, -0.05) is 6.92 Å². The smallest absolute Gasteiger partial charge is 0.0146 e. The SMILES string of the molecule is CCC1NCC12CCNC2. The Hall–Kier alpha value is -0.0800. The van der Waals surface area contributed by atoms with E-state index in [2.05, 4.69) is 17.6 Å². The highest BCUT2D eigenvalue weighted by molar-refractivity contribution is 5.05. The molecule has 0 aromatic carbocycles. The van der Waals surface area contributed by atoms with E-state index in [0.717, 1.165) is 6.04 Å². The molecule has 2 rings (SSSR count). The molecule has 2 nitrogen and oxygen atoms in total. The van der Waals surface area contributed by atoms with Gasteiger partial charge < -0.3 is 10.6 Å². The van der Waals surface area contributed by atoms with Crippen LogP contribution in [0.25, 0.3) is 0 Å². The summed E-state index contributed by atoms with van der Waals surface area (Å²) in [5.74, 6) is 0. The molecule has 2 unspecified atom stereocenters. The lowest BCUT2D eigenvalue weighted by molar-refractivity contribution is 0.102. The van der Waals surface area contributed by atoms with Gasteiger partial charge in [-0.2, -0.15) is 0 Å². The van der Waals surface area contributed by atoms with Gasteiger partial charge in [-0.05, 0) is 19.4 Å². The van der Waals surface area contributed by atoms with Crippen molar-refractivity contribution in [3.8, 4) is 0 Å². The van der Waals surface area contributed by atoms with Gasteiger partial charge in [0.25, 0.3) is 0 Å². The minimum atomic E-state index is 0.661. The Balaban J connectivity index is 2.01. The molecular weight excluding hydrogens is 124 g/mol. The first-order valence-corrected chi connectivity index (χ1v) is 4.31. The molecule has 0 amide bonds. The summed E-state index contributed by atoms with van der Waals surface area (Å²) in [5.41, 5.74) is 0.661. The molecule has 0 aromatic rings. The highest BCUT2D eigenvalue weighted by Gasteiger charge is 2.46. The molecule has 0 aromatic heterocycles. The van der Waals surface area contributed by atoms with E-state index >= 15 is 0 Å². The zero-order chi connectivity index (χ0) is 7.03. The molecule has 1 spiro atoms. The van der Waals surface area contributed by atoms with E-state index in [1.54, 1.807) is 0 Å². The van der Waals surface area contributed by atoms with Gasteiger partial charge in [0.15, 0.2) is 0 Å². The fourth-order valence-corrected chi connectivity index (χ4v) is 2.32. The van der Waals surface area contributed by atoms with Gasteiger partial charge >= 0.3 is 0 Å². The molecule has 2 aliphatic heterocycles. The highest BCUT2D eigenvalue weighted by atomic mass is 15.1. The zero-order valence-corrected chi connectivity index (χ0v) is 6.61. The molecule has 2 atom stereocenters. The summed E-state index contributed by atoms with van der Waals surface area (Å²) in [6, 6.07) is 0.808. The first-order chi connectivity index (χ1) is 4.87. The summed E-state index contributed by atoms with van der Waals surface area (Å²) in [6.07, 6.45) is 2.68. The molecule has 0 aliphatic carbocycles. The van der Waals surface area contributed by atoms with E-state index in [4.69, 9.17) is 0 Å². The quantitative estimate of drug-likeness (QED) is 0.549. The van der Waals surface area contributed by atoms with Crippen molar-refractivity contribution in [2.75, 3.05) is 19.6 Å². The van der Waals surface area contributed by atoms with Crippen molar-refractivity contribution in [3.05, 3.63) is 0 Å². The van der Waals surface area contributed by atoms with Crippen LogP contribution < -0.4 is 10.6 Å². The Morgan fingerprint density at radius 1 is 1.50 bits per heavy atom. The molecule has 58 valence electrons. The molecular formula is C8H16N2. The predicted molar refractivity (Wildman–Crippen MR) is 42.0 cm³/mol. The number of hydrogen-bond acceptors (Lipinski definition) is 2. The van der Waals surface area contributed by atoms with Gasteiger partial charge in [0.05, 0.1) is 0 Å². The molecule has 10 heavy (non-hydrogen) atoms. The number of hydrogen-bond donors (Lipinski definition) is 2. The third-order valence-corrected chi connectivity index (χ3v) is 3.12. The van der Waals surface area contributed by atoms with Gasteiger partial charge in [0, 0.05) is 24.5 Å². The van der Waals surface area contributed by atoms with Crippen LogP contribution in [0.1, 0.15) is 19.8 Å². The predicted octanol–water partition coefficient (Wildman–Crippen LogP) is 0.348. The third-order valence-electron chi connectivity index (χ3n) is 3.12. The van der Waals surface area contributed by atoms with E-state index in [1.807, 2.05) is 0 Å². The van der Waals surface area contributed by atoms with Crippen molar-refractivity contribution in [1.82, 2.24) is 10.6 Å². The first-order valence-electron chi connectivity index (χ1n) is 4.31. The van der Waals surface area contributed by atoms with Gasteiger partial charge in [0.2, 0.25) is 0 Å². The zero-order valence-electron chi connectivity index (χ0n) is 6.61. The summed E-state index contributed by atoms with van der Waals surface area (Å²) in [6.45, 7) is 6.01. The van der Waals surface area contributed by atoms with Gasteiger partial charge in [0.1, 0.15) is 0 Å². The molecule has 0 radical (unpaired) electrons. The van der Waals surface area contributed by atoms with E-state index in [0.29, 0.717) is 5.41 Å². The summed E-state index contributed by atoms with van der Waals surface area (Å²) in [5, 5.41) is 6.93. The van der Waals surface area contributed by atoms with Gasteiger partial charge in [-0.15, -0.1) is 0 Å². The number of rotatable bonds is 1. The Kier molecular flexibility index (Phi) is 1.46. The standard InChI is InChI=1S/C8H16N2/c1-2-7-8(6-10-7)3-4-9-5-8/h7,9-10H,2-6H2,1H3. The van der Waals surface area contributed by atoms with Gasteiger partial charge in [-0.3, -0.25) is 0 Å². The monoisotopic (exact) mass is 140 g/mol. The van der Waals surface area contributed by atoms with Crippen molar-refractivity contribution in [2.45, 2.75) is 25.8 Å². The van der Waals surface area contributed by atoms with Crippen molar-refractivity contribution in [3.63, 3.8) is 0 Å². The van der Waals surface area contributed by atoms with Crippen molar-refractivity contribution in [2.24, 2.45) is 5.41 Å².